The number of nitrogens with one attached hydrogen (secondary N) is 2. The van der Waals surface area contributed by atoms with Crippen LogP contribution in [0.15, 0.2) is 30.5 Å². The highest BCUT2D eigenvalue weighted by molar-refractivity contribution is 5.91. The maximum absolute atomic E-state index is 12.6. The third-order valence-electron chi connectivity index (χ3n) is 5.10. The highest BCUT2D eigenvalue weighted by atomic mass is 16.5. The summed E-state index contributed by atoms with van der Waals surface area (Å²) in [5.74, 6) is -0.683. The first-order chi connectivity index (χ1) is 12.1. The van der Waals surface area contributed by atoms with E-state index in [0.717, 1.165) is 35.7 Å². The predicted molar refractivity (Wildman–Crippen MR) is 96.0 cm³/mol. The number of esters is 1. The number of ether oxygens (including phenoxy) is 1. The van der Waals surface area contributed by atoms with Gasteiger partial charge in [-0.2, -0.15) is 0 Å². The molecular weight excluding hydrogens is 318 g/mol. The number of para-hydroxylation sites is 1. The molecule has 1 unspecified atom stereocenters. The zero-order valence-corrected chi connectivity index (χ0v) is 14.5. The minimum Gasteiger partial charge on any atom is -0.467 e. The number of rotatable bonds is 5. The first kappa shape index (κ1) is 17.5. The molecule has 6 nitrogen and oxygen atoms in total. The summed E-state index contributed by atoms with van der Waals surface area (Å²) in [6.07, 6.45) is 6.36. The van der Waals surface area contributed by atoms with E-state index in [0.29, 0.717) is 19.3 Å². The Balaban J connectivity index is 1.72. The number of aromatic nitrogens is 1. The molecule has 0 bridgehead atoms. The van der Waals surface area contributed by atoms with E-state index in [2.05, 4.69) is 10.3 Å². The second-order valence-electron chi connectivity index (χ2n) is 6.79. The normalized spacial score (nSPS) is 17.8. The van der Waals surface area contributed by atoms with Crippen molar-refractivity contribution in [1.82, 2.24) is 10.3 Å². The standard InChI is InChI=1S/C19H25N3O3/c1-25-18(24)19(9-5-2-6-10-19)22-17(23)15(20)11-13-12-21-16-8-4-3-7-14(13)16/h3-4,7-8,12,15,21H,2,5-6,9-11,20H2,1H3,(H,22,23). The Kier molecular flexibility index (Phi) is 5.08. The van der Waals surface area contributed by atoms with Crippen molar-refractivity contribution in [3.05, 3.63) is 36.0 Å². The van der Waals surface area contributed by atoms with Crippen LogP contribution in [0.3, 0.4) is 0 Å². The lowest BCUT2D eigenvalue weighted by Crippen LogP contribution is -2.59. The molecule has 2 aromatic rings. The van der Waals surface area contributed by atoms with E-state index in [9.17, 15) is 9.59 Å². The number of carbonyl (C=O) groups excluding carboxylic acids is 2. The topological polar surface area (TPSA) is 97.2 Å². The fourth-order valence-electron chi connectivity index (χ4n) is 3.69. The molecule has 1 atom stereocenters. The van der Waals surface area contributed by atoms with E-state index in [4.69, 9.17) is 10.5 Å². The van der Waals surface area contributed by atoms with E-state index < -0.39 is 11.6 Å². The van der Waals surface area contributed by atoms with Gasteiger partial charge >= 0.3 is 5.97 Å². The summed E-state index contributed by atoms with van der Waals surface area (Å²) in [5, 5.41) is 3.96. The third kappa shape index (κ3) is 3.54. The maximum atomic E-state index is 12.6. The SMILES string of the molecule is COC(=O)C1(NC(=O)C(N)Cc2c[nH]c3ccccc23)CCCCC1. The fraction of sp³-hybridized carbons (Fsp3) is 0.474. The van der Waals surface area contributed by atoms with Crippen LogP contribution in [0.25, 0.3) is 10.9 Å². The highest BCUT2D eigenvalue weighted by Gasteiger charge is 2.42. The Hall–Kier alpha value is -2.34. The Morgan fingerprint density at radius 1 is 1.28 bits per heavy atom. The molecule has 25 heavy (non-hydrogen) atoms. The molecule has 1 aromatic heterocycles. The number of hydrogen-bond acceptors (Lipinski definition) is 4. The van der Waals surface area contributed by atoms with Crippen molar-refractivity contribution in [2.45, 2.75) is 50.1 Å². The molecule has 1 aliphatic carbocycles. The minimum atomic E-state index is -0.929. The molecule has 1 amide bonds. The van der Waals surface area contributed by atoms with Gasteiger partial charge in [0.1, 0.15) is 5.54 Å². The number of fused-ring (bicyclic) bond motifs is 1. The molecule has 0 saturated heterocycles. The van der Waals surface area contributed by atoms with E-state index in [1.54, 1.807) is 0 Å². The van der Waals surface area contributed by atoms with Crippen molar-refractivity contribution < 1.29 is 14.3 Å². The van der Waals surface area contributed by atoms with Gasteiger partial charge in [0.25, 0.3) is 0 Å². The van der Waals surface area contributed by atoms with Gasteiger partial charge in [0.15, 0.2) is 0 Å². The number of H-pyrrole nitrogens is 1. The fourth-order valence-corrected chi connectivity index (χ4v) is 3.69. The van der Waals surface area contributed by atoms with Crippen LogP contribution in [-0.4, -0.2) is 35.6 Å². The van der Waals surface area contributed by atoms with Crippen molar-refractivity contribution in [3.8, 4) is 0 Å². The second kappa shape index (κ2) is 7.27. The number of carbonyl (C=O) groups is 2. The summed E-state index contributed by atoms with van der Waals surface area (Å²) >= 11 is 0. The zero-order chi connectivity index (χ0) is 17.9. The van der Waals surface area contributed by atoms with Crippen molar-refractivity contribution in [1.29, 1.82) is 0 Å². The summed E-state index contributed by atoms with van der Waals surface area (Å²) < 4.78 is 4.94. The lowest BCUT2D eigenvalue weighted by atomic mass is 9.81. The van der Waals surface area contributed by atoms with Gasteiger partial charge in [-0.05, 0) is 30.9 Å². The molecular formula is C19H25N3O3. The van der Waals surface area contributed by atoms with Crippen LogP contribution in [0.4, 0.5) is 0 Å². The summed E-state index contributed by atoms with van der Waals surface area (Å²) in [7, 11) is 1.36. The molecule has 1 fully saturated rings. The summed E-state index contributed by atoms with van der Waals surface area (Å²) in [6, 6.07) is 7.18. The molecule has 4 N–H and O–H groups in total. The molecule has 0 spiro atoms. The number of hydrogen-bond donors (Lipinski definition) is 3. The lowest BCUT2D eigenvalue weighted by molar-refractivity contribution is -0.152. The van der Waals surface area contributed by atoms with E-state index in [-0.39, 0.29) is 11.9 Å². The maximum Gasteiger partial charge on any atom is 0.331 e. The molecule has 134 valence electrons. The highest BCUT2D eigenvalue weighted by Crippen LogP contribution is 2.29. The van der Waals surface area contributed by atoms with Gasteiger partial charge in [-0.15, -0.1) is 0 Å². The Labute approximate surface area is 147 Å². The molecule has 0 aliphatic heterocycles. The molecule has 0 radical (unpaired) electrons. The minimum absolute atomic E-state index is 0.308. The van der Waals surface area contributed by atoms with Crippen LogP contribution < -0.4 is 11.1 Å². The van der Waals surface area contributed by atoms with Crippen molar-refractivity contribution >= 4 is 22.8 Å². The van der Waals surface area contributed by atoms with Gasteiger partial charge in [0.05, 0.1) is 13.2 Å². The van der Waals surface area contributed by atoms with E-state index in [1.165, 1.54) is 7.11 Å². The monoisotopic (exact) mass is 343 g/mol. The predicted octanol–water partition coefficient (Wildman–Crippen LogP) is 2.03. The summed E-state index contributed by atoms with van der Waals surface area (Å²) in [6.45, 7) is 0. The number of benzene rings is 1. The van der Waals surface area contributed by atoms with Gasteiger partial charge in [-0.3, -0.25) is 4.79 Å². The number of aromatic amines is 1. The van der Waals surface area contributed by atoms with E-state index >= 15 is 0 Å². The van der Waals surface area contributed by atoms with Crippen LogP contribution in [0.1, 0.15) is 37.7 Å². The van der Waals surface area contributed by atoms with Crippen molar-refractivity contribution in [2.24, 2.45) is 5.73 Å². The zero-order valence-electron chi connectivity index (χ0n) is 14.5. The first-order valence-electron chi connectivity index (χ1n) is 8.77. The summed E-state index contributed by atoms with van der Waals surface area (Å²) in [5.41, 5.74) is 7.22. The second-order valence-corrected chi connectivity index (χ2v) is 6.79. The largest absolute Gasteiger partial charge is 0.467 e. The van der Waals surface area contributed by atoms with E-state index in [1.807, 2.05) is 30.5 Å². The van der Waals surface area contributed by atoms with Crippen molar-refractivity contribution in [3.63, 3.8) is 0 Å². The third-order valence-corrected chi connectivity index (χ3v) is 5.10. The quantitative estimate of drug-likeness (QED) is 0.724. The summed E-state index contributed by atoms with van der Waals surface area (Å²) in [4.78, 5) is 28.1. The van der Waals surface area contributed by atoms with Crippen LogP contribution in [0.2, 0.25) is 0 Å². The number of methoxy groups -OCH3 is 1. The molecule has 3 rings (SSSR count). The Morgan fingerprint density at radius 3 is 2.72 bits per heavy atom. The molecule has 6 heteroatoms. The average Bonchev–Trinajstić information content (AvgIpc) is 3.04. The Bertz CT molecular complexity index is 762. The van der Waals surface area contributed by atoms with Crippen molar-refractivity contribution in [2.75, 3.05) is 7.11 Å². The average molecular weight is 343 g/mol. The van der Waals surface area contributed by atoms with Gasteiger partial charge in [-0.1, -0.05) is 37.5 Å². The number of amides is 1. The molecule has 1 aliphatic rings. The first-order valence-corrected chi connectivity index (χ1v) is 8.77. The molecule has 1 saturated carbocycles. The van der Waals surface area contributed by atoms with Crippen LogP contribution >= 0.6 is 0 Å². The van der Waals surface area contributed by atoms with Crippen LogP contribution in [-0.2, 0) is 20.7 Å². The van der Waals surface area contributed by atoms with Crippen LogP contribution in [0.5, 0.6) is 0 Å². The smallest absolute Gasteiger partial charge is 0.331 e. The van der Waals surface area contributed by atoms with Gasteiger partial charge in [-0.25, -0.2) is 4.79 Å². The van der Waals surface area contributed by atoms with Gasteiger partial charge in [0, 0.05) is 17.1 Å². The van der Waals surface area contributed by atoms with Gasteiger partial charge < -0.3 is 20.8 Å². The lowest BCUT2D eigenvalue weighted by Gasteiger charge is -2.35. The molecule has 1 heterocycles. The molecule has 1 aromatic carbocycles. The Morgan fingerprint density at radius 2 is 2.00 bits per heavy atom. The van der Waals surface area contributed by atoms with Gasteiger partial charge in [0.2, 0.25) is 5.91 Å². The number of nitrogens with two attached hydrogens (primary N) is 1. The van der Waals surface area contributed by atoms with Crippen LogP contribution in [0, 0.1) is 0 Å².